The average molecular weight is 267 g/mol. The fourth-order valence-electron chi connectivity index (χ4n) is 1.73. The van der Waals surface area contributed by atoms with Crippen LogP contribution in [0, 0.1) is 0 Å². The zero-order valence-corrected chi connectivity index (χ0v) is 11.8. The molecule has 0 aliphatic carbocycles. The molecule has 2 N–H and O–H groups in total. The van der Waals surface area contributed by atoms with E-state index in [1.807, 2.05) is 11.8 Å². The van der Waals surface area contributed by atoms with Gasteiger partial charge in [0.15, 0.2) is 0 Å². The lowest BCUT2D eigenvalue weighted by atomic mass is 10.2. The molecule has 1 rings (SSSR count). The van der Waals surface area contributed by atoms with Crippen molar-refractivity contribution >= 4 is 30.1 Å². The van der Waals surface area contributed by atoms with Gasteiger partial charge in [-0.2, -0.15) is 11.8 Å². The fourth-order valence-corrected chi connectivity index (χ4v) is 2.54. The quantitative estimate of drug-likeness (QED) is 0.721. The number of amides is 1. The summed E-state index contributed by atoms with van der Waals surface area (Å²) < 4.78 is 0. The molecular weight excluding hydrogens is 244 g/mol. The minimum Gasteiger partial charge on any atom is -0.352 e. The van der Waals surface area contributed by atoms with Gasteiger partial charge in [-0.1, -0.05) is 6.92 Å². The number of rotatable bonds is 6. The molecule has 0 spiro atoms. The van der Waals surface area contributed by atoms with E-state index in [0.29, 0.717) is 6.04 Å². The minimum atomic E-state index is 0. The van der Waals surface area contributed by atoms with Gasteiger partial charge in [0.05, 0.1) is 6.04 Å². The SMILES string of the molecule is CCSCCC(C)NC(=O)C1CCCN1.Cl. The van der Waals surface area contributed by atoms with Crippen LogP contribution in [0.15, 0.2) is 0 Å². The molecule has 2 atom stereocenters. The molecule has 1 heterocycles. The number of thioether (sulfide) groups is 1. The van der Waals surface area contributed by atoms with Crippen molar-refractivity contribution < 1.29 is 4.79 Å². The van der Waals surface area contributed by atoms with Gasteiger partial charge in [0.1, 0.15) is 0 Å². The Morgan fingerprint density at radius 1 is 1.62 bits per heavy atom. The van der Waals surface area contributed by atoms with Crippen LogP contribution in [0.2, 0.25) is 0 Å². The summed E-state index contributed by atoms with van der Waals surface area (Å²) in [5.74, 6) is 2.47. The summed E-state index contributed by atoms with van der Waals surface area (Å²) in [5.41, 5.74) is 0. The van der Waals surface area contributed by atoms with Crippen molar-refractivity contribution in [2.75, 3.05) is 18.1 Å². The van der Waals surface area contributed by atoms with Gasteiger partial charge in [0.25, 0.3) is 0 Å². The van der Waals surface area contributed by atoms with Crippen LogP contribution in [0.3, 0.4) is 0 Å². The lowest BCUT2D eigenvalue weighted by Gasteiger charge is -2.16. The van der Waals surface area contributed by atoms with Gasteiger partial charge < -0.3 is 10.6 Å². The maximum Gasteiger partial charge on any atom is 0.237 e. The van der Waals surface area contributed by atoms with Crippen molar-refractivity contribution in [1.29, 1.82) is 0 Å². The summed E-state index contributed by atoms with van der Waals surface area (Å²) >= 11 is 1.93. The summed E-state index contributed by atoms with van der Waals surface area (Å²) in [4.78, 5) is 11.7. The smallest absolute Gasteiger partial charge is 0.237 e. The monoisotopic (exact) mass is 266 g/mol. The number of carbonyl (C=O) groups excluding carboxylic acids is 1. The molecular formula is C11H23ClN2OS. The maximum absolute atomic E-state index is 11.7. The number of nitrogens with one attached hydrogen (secondary N) is 2. The van der Waals surface area contributed by atoms with Crippen LogP contribution in [-0.2, 0) is 4.79 Å². The second-order valence-electron chi connectivity index (χ2n) is 4.04. The standard InChI is InChI=1S/C11H22N2OS.ClH/c1-3-15-8-6-9(2)13-11(14)10-5-4-7-12-10;/h9-10,12H,3-8H2,1-2H3,(H,13,14);1H. The Kier molecular flexibility index (Phi) is 9.18. The van der Waals surface area contributed by atoms with Crippen molar-refractivity contribution in [3.05, 3.63) is 0 Å². The van der Waals surface area contributed by atoms with Gasteiger partial charge in [0, 0.05) is 6.04 Å². The van der Waals surface area contributed by atoms with Crippen molar-refractivity contribution in [1.82, 2.24) is 10.6 Å². The van der Waals surface area contributed by atoms with E-state index >= 15 is 0 Å². The van der Waals surface area contributed by atoms with Crippen LogP contribution in [-0.4, -0.2) is 36.0 Å². The maximum atomic E-state index is 11.7. The summed E-state index contributed by atoms with van der Waals surface area (Å²) in [6.45, 7) is 5.23. The van der Waals surface area contributed by atoms with Crippen molar-refractivity contribution in [2.45, 2.75) is 45.2 Å². The molecule has 1 fully saturated rings. The van der Waals surface area contributed by atoms with Gasteiger partial charge in [-0.3, -0.25) is 4.79 Å². The first-order valence-corrected chi connectivity index (χ1v) is 7.01. The Labute approximate surface area is 109 Å². The van der Waals surface area contributed by atoms with Gasteiger partial charge in [-0.05, 0) is 44.2 Å². The van der Waals surface area contributed by atoms with E-state index in [2.05, 4.69) is 24.5 Å². The molecule has 0 bridgehead atoms. The highest BCUT2D eigenvalue weighted by Gasteiger charge is 2.22. The molecule has 2 unspecified atom stereocenters. The lowest BCUT2D eigenvalue weighted by molar-refractivity contribution is -0.123. The van der Waals surface area contributed by atoms with E-state index in [0.717, 1.165) is 37.3 Å². The highest BCUT2D eigenvalue weighted by molar-refractivity contribution is 7.99. The Balaban J connectivity index is 0.00000225. The van der Waals surface area contributed by atoms with E-state index < -0.39 is 0 Å². The molecule has 0 aromatic carbocycles. The van der Waals surface area contributed by atoms with E-state index in [4.69, 9.17) is 0 Å². The fraction of sp³-hybridized carbons (Fsp3) is 0.909. The normalized spacial score (nSPS) is 21.2. The van der Waals surface area contributed by atoms with Crippen LogP contribution in [0.25, 0.3) is 0 Å². The second kappa shape index (κ2) is 9.14. The number of hydrogen-bond donors (Lipinski definition) is 2. The van der Waals surface area contributed by atoms with Crippen LogP contribution >= 0.6 is 24.2 Å². The van der Waals surface area contributed by atoms with Crippen molar-refractivity contribution in [3.8, 4) is 0 Å². The molecule has 0 aromatic heterocycles. The van der Waals surface area contributed by atoms with E-state index in [1.54, 1.807) is 0 Å². The first-order valence-electron chi connectivity index (χ1n) is 5.85. The van der Waals surface area contributed by atoms with Crippen molar-refractivity contribution in [3.63, 3.8) is 0 Å². The van der Waals surface area contributed by atoms with Crippen LogP contribution in [0.4, 0.5) is 0 Å². The van der Waals surface area contributed by atoms with Gasteiger partial charge in [0.2, 0.25) is 5.91 Å². The third-order valence-electron chi connectivity index (χ3n) is 2.66. The number of hydrogen-bond acceptors (Lipinski definition) is 3. The third kappa shape index (κ3) is 5.97. The van der Waals surface area contributed by atoms with E-state index in [9.17, 15) is 4.79 Å². The predicted octanol–water partition coefficient (Wildman–Crippen LogP) is 1.81. The molecule has 96 valence electrons. The zero-order valence-electron chi connectivity index (χ0n) is 10.1. The van der Waals surface area contributed by atoms with Gasteiger partial charge in [-0.15, -0.1) is 12.4 Å². The summed E-state index contributed by atoms with van der Waals surface area (Å²) in [5, 5.41) is 6.28. The first-order chi connectivity index (χ1) is 7.24. The van der Waals surface area contributed by atoms with E-state index in [-0.39, 0.29) is 24.4 Å². The predicted molar refractivity (Wildman–Crippen MR) is 73.5 cm³/mol. The van der Waals surface area contributed by atoms with Crippen molar-refractivity contribution in [2.24, 2.45) is 0 Å². The first kappa shape index (κ1) is 16.1. The topological polar surface area (TPSA) is 41.1 Å². The Hall–Kier alpha value is 0.0700. The molecule has 1 aliphatic rings. The van der Waals surface area contributed by atoms with Gasteiger partial charge >= 0.3 is 0 Å². The second-order valence-corrected chi connectivity index (χ2v) is 5.44. The molecule has 16 heavy (non-hydrogen) atoms. The highest BCUT2D eigenvalue weighted by atomic mass is 35.5. The Morgan fingerprint density at radius 3 is 2.94 bits per heavy atom. The zero-order chi connectivity index (χ0) is 11.1. The molecule has 1 amide bonds. The summed E-state index contributed by atoms with van der Waals surface area (Å²) in [6.07, 6.45) is 3.18. The molecule has 3 nitrogen and oxygen atoms in total. The molecule has 0 saturated carbocycles. The molecule has 0 radical (unpaired) electrons. The molecule has 1 aliphatic heterocycles. The summed E-state index contributed by atoms with van der Waals surface area (Å²) in [7, 11) is 0. The highest BCUT2D eigenvalue weighted by Crippen LogP contribution is 2.07. The van der Waals surface area contributed by atoms with E-state index in [1.165, 1.54) is 0 Å². The number of halogens is 1. The van der Waals surface area contributed by atoms with Crippen LogP contribution in [0.5, 0.6) is 0 Å². The molecule has 0 aromatic rings. The minimum absolute atomic E-state index is 0. The Bertz CT molecular complexity index is 198. The van der Waals surface area contributed by atoms with Gasteiger partial charge in [-0.25, -0.2) is 0 Å². The average Bonchev–Trinajstić information content (AvgIpc) is 2.70. The van der Waals surface area contributed by atoms with Crippen LogP contribution in [0.1, 0.15) is 33.1 Å². The molecule has 1 saturated heterocycles. The lowest BCUT2D eigenvalue weighted by Crippen LogP contribution is -2.44. The van der Waals surface area contributed by atoms with Crippen LogP contribution < -0.4 is 10.6 Å². The number of carbonyl (C=O) groups is 1. The molecule has 5 heteroatoms. The third-order valence-corrected chi connectivity index (χ3v) is 3.60. The summed E-state index contributed by atoms with van der Waals surface area (Å²) in [6, 6.07) is 0.366. The largest absolute Gasteiger partial charge is 0.352 e. The Morgan fingerprint density at radius 2 is 2.38 bits per heavy atom.